The van der Waals surface area contributed by atoms with Gasteiger partial charge in [-0.05, 0) is 13.8 Å². The number of nitro groups is 1. The van der Waals surface area contributed by atoms with Crippen molar-refractivity contribution in [3.8, 4) is 0 Å². The van der Waals surface area contributed by atoms with Gasteiger partial charge in [-0.15, -0.1) is 0 Å². The number of aliphatic hydroxyl groups excluding tert-OH is 1. The molecular formula is C9H13N5O5. The average Bonchev–Trinajstić information content (AvgIpc) is 2.25. The van der Waals surface area contributed by atoms with Crippen LogP contribution in [0.15, 0.2) is 4.79 Å². The van der Waals surface area contributed by atoms with Crippen molar-refractivity contribution in [1.82, 2.24) is 9.97 Å². The molecule has 0 saturated heterocycles. The number of nitrogens with zero attached hydrogens (tertiary/aromatic N) is 2. The second kappa shape index (κ2) is 5.02. The molecule has 5 N–H and O–H groups in total. The summed E-state index contributed by atoms with van der Waals surface area (Å²) >= 11 is 0. The largest absolute Gasteiger partial charge is 0.388 e. The van der Waals surface area contributed by atoms with Crippen LogP contribution in [0.3, 0.4) is 0 Å². The second-order valence-corrected chi connectivity index (χ2v) is 4.24. The predicted octanol–water partition coefficient (Wildman–Crippen LogP) is -0.988. The van der Waals surface area contributed by atoms with Crippen molar-refractivity contribution in [3.05, 3.63) is 20.5 Å². The molecule has 0 aliphatic rings. The van der Waals surface area contributed by atoms with Gasteiger partial charge in [0.25, 0.3) is 0 Å². The number of nitrogens with two attached hydrogens (primary N) is 1. The van der Waals surface area contributed by atoms with E-state index in [1.807, 2.05) is 4.98 Å². The Bertz CT molecular complexity index is 579. The molecule has 0 aromatic carbocycles. The molecule has 1 aromatic heterocycles. The van der Waals surface area contributed by atoms with Crippen LogP contribution in [0.5, 0.6) is 0 Å². The van der Waals surface area contributed by atoms with Crippen molar-refractivity contribution in [2.45, 2.75) is 19.4 Å². The van der Waals surface area contributed by atoms with Gasteiger partial charge in [-0.3, -0.25) is 24.7 Å². The van der Waals surface area contributed by atoms with Gasteiger partial charge in [0.2, 0.25) is 11.8 Å². The van der Waals surface area contributed by atoms with Crippen LogP contribution >= 0.6 is 0 Å². The van der Waals surface area contributed by atoms with Crippen LogP contribution in [0.25, 0.3) is 0 Å². The summed E-state index contributed by atoms with van der Waals surface area (Å²) in [6, 6.07) is 0. The summed E-state index contributed by atoms with van der Waals surface area (Å²) in [5.41, 5.74) is 2.06. The van der Waals surface area contributed by atoms with E-state index in [4.69, 9.17) is 10.8 Å². The minimum absolute atomic E-state index is 0.328. The third-order valence-electron chi connectivity index (χ3n) is 2.37. The quantitative estimate of drug-likeness (QED) is 0.391. The maximum Gasteiger partial charge on any atom is 0.375 e. The Hall–Kier alpha value is -2.49. The van der Waals surface area contributed by atoms with Gasteiger partial charge < -0.3 is 16.2 Å². The molecular weight excluding hydrogens is 258 g/mol. The molecule has 0 saturated carbocycles. The Kier molecular flexibility index (Phi) is 3.85. The minimum atomic E-state index is -1.34. The lowest BCUT2D eigenvalue weighted by Gasteiger charge is -2.23. The highest BCUT2D eigenvalue weighted by Gasteiger charge is 2.31. The van der Waals surface area contributed by atoms with E-state index in [2.05, 4.69) is 10.3 Å². The third-order valence-corrected chi connectivity index (χ3v) is 2.37. The van der Waals surface area contributed by atoms with Crippen LogP contribution < -0.4 is 16.6 Å². The van der Waals surface area contributed by atoms with E-state index in [1.54, 1.807) is 0 Å². The molecule has 0 bridgehead atoms. The van der Waals surface area contributed by atoms with Gasteiger partial charge in [0.1, 0.15) is 6.61 Å². The van der Waals surface area contributed by atoms with Crippen molar-refractivity contribution in [2.75, 3.05) is 17.7 Å². The minimum Gasteiger partial charge on any atom is -0.388 e. The standard InChI is InChI=1S/C9H13N5O5/c1-9(2,4(16)3-15)13-6-5(14(18)19)7(17)12-8(10)11-6/h15H,3H2,1-2H3,(H4,10,11,12,13,17). The van der Waals surface area contributed by atoms with E-state index in [0.29, 0.717) is 0 Å². The fraction of sp³-hybridized carbons (Fsp3) is 0.444. The van der Waals surface area contributed by atoms with Gasteiger partial charge in [0.05, 0.1) is 10.5 Å². The molecule has 0 aliphatic carbocycles. The summed E-state index contributed by atoms with van der Waals surface area (Å²) in [4.78, 5) is 38.3. The highest BCUT2D eigenvalue weighted by molar-refractivity contribution is 5.91. The third kappa shape index (κ3) is 3.04. The second-order valence-electron chi connectivity index (χ2n) is 4.24. The SMILES string of the molecule is CC(C)(Nc1nc(N)[nH]c(=O)c1[N+](=O)[O-])C(=O)CO. The van der Waals surface area contributed by atoms with Crippen LogP contribution in [0.2, 0.25) is 0 Å². The molecule has 0 atom stereocenters. The van der Waals surface area contributed by atoms with Crippen LogP contribution in [0.1, 0.15) is 13.8 Å². The molecule has 0 unspecified atom stereocenters. The molecule has 0 amide bonds. The van der Waals surface area contributed by atoms with Crippen molar-refractivity contribution in [2.24, 2.45) is 0 Å². The summed E-state index contributed by atoms with van der Waals surface area (Å²) in [6.07, 6.45) is 0. The van der Waals surface area contributed by atoms with Gasteiger partial charge in [-0.1, -0.05) is 0 Å². The van der Waals surface area contributed by atoms with E-state index in [-0.39, 0.29) is 5.95 Å². The fourth-order valence-corrected chi connectivity index (χ4v) is 1.30. The Morgan fingerprint density at radius 2 is 2.21 bits per heavy atom. The van der Waals surface area contributed by atoms with Crippen molar-refractivity contribution in [1.29, 1.82) is 0 Å². The summed E-state index contributed by atoms with van der Waals surface area (Å²) in [7, 11) is 0. The lowest BCUT2D eigenvalue weighted by molar-refractivity contribution is -0.385. The Morgan fingerprint density at radius 3 is 2.68 bits per heavy atom. The molecule has 1 rings (SSSR count). The maximum absolute atomic E-state index is 11.5. The monoisotopic (exact) mass is 271 g/mol. The number of H-pyrrole nitrogens is 1. The number of ketones is 1. The Labute approximate surface area is 106 Å². The van der Waals surface area contributed by atoms with Crippen molar-refractivity contribution in [3.63, 3.8) is 0 Å². The Morgan fingerprint density at radius 1 is 1.63 bits per heavy atom. The first-order valence-electron chi connectivity index (χ1n) is 5.15. The number of nitrogens with one attached hydrogen (secondary N) is 2. The zero-order valence-corrected chi connectivity index (χ0v) is 10.3. The van der Waals surface area contributed by atoms with E-state index in [9.17, 15) is 19.7 Å². The van der Waals surface area contributed by atoms with Gasteiger partial charge in [-0.25, -0.2) is 0 Å². The van der Waals surface area contributed by atoms with Gasteiger partial charge >= 0.3 is 11.2 Å². The number of hydrogen-bond donors (Lipinski definition) is 4. The summed E-state index contributed by atoms with van der Waals surface area (Å²) in [5, 5.41) is 22.0. The van der Waals surface area contributed by atoms with Gasteiger partial charge in [0.15, 0.2) is 5.78 Å². The van der Waals surface area contributed by atoms with E-state index >= 15 is 0 Å². The zero-order chi connectivity index (χ0) is 14.8. The number of rotatable bonds is 5. The first-order valence-corrected chi connectivity index (χ1v) is 5.15. The molecule has 1 heterocycles. The topological polar surface area (TPSA) is 164 Å². The van der Waals surface area contributed by atoms with Crippen LogP contribution in [-0.2, 0) is 4.79 Å². The van der Waals surface area contributed by atoms with Crippen LogP contribution in [0, 0.1) is 10.1 Å². The highest BCUT2D eigenvalue weighted by Crippen LogP contribution is 2.21. The van der Waals surface area contributed by atoms with E-state index in [1.165, 1.54) is 13.8 Å². The lowest BCUT2D eigenvalue weighted by Crippen LogP contribution is -2.43. The smallest absolute Gasteiger partial charge is 0.375 e. The number of carbonyl (C=O) groups is 1. The van der Waals surface area contributed by atoms with E-state index < -0.39 is 39.9 Å². The number of aromatic nitrogens is 2. The number of carbonyl (C=O) groups excluding carboxylic acids is 1. The number of anilines is 2. The molecule has 0 spiro atoms. The van der Waals surface area contributed by atoms with Crippen LogP contribution in [0.4, 0.5) is 17.5 Å². The summed E-state index contributed by atoms with van der Waals surface area (Å²) < 4.78 is 0. The molecule has 104 valence electrons. The number of nitrogen functional groups attached to an aromatic ring is 1. The molecule has 0 fully saturated rings. The predicted molar refractivity (Wildman–Crippen MR) is 65.7 cm³/mol. The van der Waals surface area contributed by atoms with Crippen molar-refractivity contribution >= 4 is 23.2 Å². The zero-order valence-electron chi connectivity index (χ0n) is 10.3. The highest BCUT2D eigenvalue weighted by atomic mass is 16.6. The van der Waals surface area contributed by atoms with Gasteiger partial charge in [-0.2, -0.15) is 4.98 Å². The molecule has 19 heavy (non-hydrogen) atoms. The molecule has 10 nitrogen and oxygen atoms in total. The number of hydrogen-bond acceptors (Lipinski definition) is 8. The lowest BCUT2D eigenvalue weighted by atomic mass is 10.00. The molecule has 10 heteroatoms. The Balaban J connectivity index is 3.32. The average molecular weight is 271 g/mol. The maximum atomic E-state index is 11.5. The summed E-state index contributed by atoms with van der Waals surface area (Å²) in [6.45, 7) is 2.01. The fourth-order valence-electron chi connectivity index (χ4n) is 1.30. The molecule has 0 radical (unpaired) electrons. The number of Topliss-reactive ketones (excluding diaryl/α,β-unsaturated/α-hetero) is 1. The van der Waals surface area contributed by atoms with Gasteiger partial charge in [0, 0.05) is 0 Å². The molecule has 1 aromatic rings. The van der Waals surface area contributed by atoms with E-state index in [0.717, 1.165) is 0 Å². The summed E-state index contributed by atoms with van der Waals surface area (Å²) in [5.74, 6) is -1.38. The molecule has 0 aliphatic heterocycles. The van der Waals surface area contributed by atoms with Crippen LogP contribution in [-0.4, -0.2) is 37.9 Å². The van der Waals surface area contributed by atoms with Crippen molar-refractivity contribution < 1.29 is 14.8 Å². The number of aromatic amines is 1. The number of aliphatic hydroxyl groups is 1. The first-order chi connectivity index (χ1) is 8.69. The first kappa shape index (κ1) is 14.6. The normalized spacial score (nSPS) is 11.1.